The molecule has 1 aliphatic heterocycles. The van der Waals surface area contributed by atoms with E-state index in [9.17, 15) is 4.79 Å². The van der Waals surface area contributed by atoms with Gasteiger partial charge in [-0.2, -0.15) is 0 Å². The highest BCUT2D eigenvalue weighted by Gasteiger charge is 2.17. The average molecular weight is 368 g/mol. The van der Waals surface area contributed by atoms with Crippen LogP contribution in [0.25, 0.3) is 0 Å². The van der Waals surface area contributed by atoms with Crippen LogP contribution in [0, 0.1) is 0 Å². The lowest BCUT2D eigenvalue weighted by Gasteiger charge is -2.35. The summed E-state index contributed by atoms with van der Waals surface area (Å²) >= 11 is 0. The lowest BCUT2D eigenvalue weighted by Crippen LogP contribution is -2.46. The number of pyridine rings is 1. The van der Waals surface area contributed by atoms with Crippen molar-refractivity contribution in [2.75, 3.05) is 42.9 Å². The molecule has 1 aromatic heterocycles. The number of rotatable bonds is 6. The van der Waals surface area contributed by atoms with Gasteiger partial charge in [0.15, 0.2) is 0 Å². The number of benzene rings is 1. The number of carbonyl (C=O) groups is 1. The first-order valence-electron chi connectivity index (χ1n) is 9.55. The maximum absolute atomic E-state index is 12.6. The molecule has 1 saturated heterocycles. The van der Waals surface area contributed by atoms with Gasteiger partial charge in [-0.3, -0.25) is 9.78 Å². The standard InChI is InChI=1S/C21H28N4O2/c1-4-24-9-11-25(12-10-24)19-13-17(14-22-15-19)21(26)23-18-5-7-20(8-6-18)27-16(2)3/h5-8,13-16H,4,9-12H2,1-3H3,(H,23,26). The fourth-order valence-electron chi connectivity index (χ4n) is 3.14. The Kier molecular flexibility index (Phi) is 6.29. The molecule has 27 heavy (non-hydrogen) atoms. The predicted molar refractivity (Wildman–Crippen MR) is 109 cm³/mol. The number of ether oxygens (including phenoxy) is 1. The number of nitrogens with zero attached hydrogens (tertiary/aromatic N) is 3. The zero-order valence-electron chi connectivity index (χ0n) is 16.3. The number of hydrogen-bond acceptors (Lipinski definition) is 5. The van der Waals surface area contributed by atoms with Crippen LogP contribution in [-0.4, -0.2) is 54.6 Å². The van der Waals surface area contributed by atoms with E-state index >= 15 is 0 Å². The molecule has 0 saturated carbocycles. The Hall–Kier alpha value is -2.60. The fraction of sp³-hybridized carbons (Fsp3) is 0.429. The number of aromatic nitrogens is 1. The summed E-state index contributed by atoms with van der Waals surface area (Å²) in [5, 5.41) is 2.92. The second kappa shape index (κ2) is 8.86. The van der Waals surface area contributed by atoms with Crippen molar-refractivity contribution in [2.45, 2.75) is 26.9 Å². The van der Waals surface area contributed by atoms with Gasteiger partial charge in [-0.1, -0.05) is 6.92 Å². The zero-order valence-corrected chi connectivity index (χ0v) is 16.3. The van der Waals surface area contributed by atoms with E-state index in [2.05, 4.69) is 27.0 Å². The zero-order chi connectivity index (χ0) is 19.2. The molecule has 1 aromatic carbocycles. The van der Waals surface area contributed by atoms with E-state index in [1.54, 1.807) is 6.20 Å². The molecule has 0 unspecified atom stereocenters. The molecule has 1 fully saturated rings. The van der Waals surface area contributed by atoms with Crippen molar-refractivity contribution in [1.82, 2.24) is 9.88 Å². The molecular weight excluding hydrogens is 340 g/mol. The van der Waals surface area contributed by atoms with Gasteiger partial charge in [0.2, 0.25) is 0 Å². The monoisotopic (exact) mass is 368 g/mol. The predicted octanol–water partition coefficient (Wildman–Crippen LogP) is 3.26. The van der Waals surface area contributed by atoms with Crippen molar-refractivity contribution in [2.24, 2.45) is 0 Å². The molecule has 6 nitrogen and oxygen atoms in total. The normalized spacial score (nSPS) is 15.0. The second-order valence-corrected chi connectivity index (χ2v) is 7.00. The minimum Gasteiger partial charge on any atom is -0.491 e. The van der Waals surface area contributed by atoms with Crippen molar-refractivity contribution in [3.8, 4) is 5.75 Å². The highest BCUT2D eigenvalue weighted by molar-refractivity contribution is 6.04. The van der Waals surface area contributed by atoms with Gasteiger partial charge < -0.3 is 19.9 Å². The molecule has 2 aromatic rings. The minimum absolute atomic E-state index is 0.124. The molecule has 3 rings (SSSR count). The molecule has 144 valence electrons. The van der Waals surface area contributed by atoms with E-state index in [0.29, 0.717) is 5.56 Å². The fourth-order valence-corrected chi connectivity index (χ4v) is 3.14. The van der Waals surface area contributed by atoms with Gasteiger partial charge in [0, 0.05) is 38.1 Å². The third-order valence-corrected chi connectivity index (χ3v) is 4.65. The van der Waals surface area contributed by atoms with Gasteiger partial charge in [-0.25, -0.2) is 0 Å². The topological polar surface area (TPSA) is 57.7 Å². The Labute approximate surface area is 161 Å². The van der Waals surface area contributed by atoms with Crippen LogP contribution in [0.4, 0.5) is 11.4 Å². The molecule has 0 radical (unpaired) electrons. The van der Waals surface area contributed by atoms with Crippen molar-refractivity contribution in [1.29, 1.82) is 0 Å². The van der Waals surface area contributed by atoms with E-state index < -0.39 is 0 Å². The van der Waals surface area contributed by atoms with E-state index in [1.165, 1.54) is 0 Å². The van der Waals surface area contributed by atoms with Gasteiger partial charge in [-0.15, -0.1) is 0 Å². The Morgan fingerprint density at radius 2 is 1.85 bits per heavy atom. The van der Waals surface area contributed by atoms with E-state index in [1.807, 2.05) is 50.4 Å². The quantitative estimate of drug-likeness (QED) is 0.848. The first-order valence-corrected chi connectivity index (χ1v) is 9.55. The summed E-state index contributed by atoms with van der Waals surface area (Å²) in [4.78, 5) is 21.6. The summed E-state index contributed by atoms with van der Waals surface area (Å²) in [6, 6.07) is 9.32. The number of hydrogen-bond donors (Lipinski definition) is 1. The molecule has 1 N–H and O–H groups in total. The number of likely N-dealkylation sites (N-methyl/N-ethyl adjacent to an activating group) is 1. The van der Waals surface area contributed by atoms with Crippen LogP contribution in [0.15, 0.2) is 42.7 Å². The van der Waals surface area contributed by atoms with Crippen LogP contribution >= 0.6 is 0 Å². The molecule has 2 heterocycles. The molecule has 0 aliphatic carbocycles. The third kappa shape index (κ3) is 5.20. The molecular formula is C21H28N4O2. The van der Waals surface area contributed by atoms with Gasteiger partial charge in [0.25, 0.3) is 5.91 Å². The Bertz CT molecular complexity index is 753. The van der Waals surface area contributed by atoms with Crippen LogP contribution in [0.2, 0.25) is 0 Å². The first kappa shape index (κ1) is 19.2. The Morgan fingerprint density at radius 3 is 2.48 bits per heavy atom. The molecule has 0 bridgehead atoms. The molecule has 6 heteroatoms. The van der Waals surface area contributed by atoms with Crippen LogP contribution in [-0.2, 0) is 0 Å². The largest absolute Gasteiger partial charge is 0.491 e. The number of amides is 1. The summed E-state index contributed by atoms with van der Waals surface area (Å²) in [5.41, 5.74) is 2.30. The number of nitrogens with one attached hydrogen (secondary N) is 1. The number of carbonyl (C=O) groups excluding carboxylic acids is 1. The van der Waals surface area contributed by atoms with Crippen molar-refractivity contribution < 1.29 is 9.53 Å². The van der Waals surface area contributed by atoms with E-state index in [-0.39, 0.29) is 12.0 Å². The second-order valence-electron chi connectivity index (χ2n) is 7.00. The van der Waals surface area contributed by atoms with Gasteiger partial charge in [-0.05, 0) is 50.7 Å². The van der Waals surface area contributed by atoms with Crippen LogP contribution in [0.5, 0.6) is 5.75 Å². The van der Waals surface area contributed by atoms with Crippen LogP contribution < -0.4 is 15.0 Å². The summed E-state index contributed by atoms with van der Waals surface area (Å²) in [6.45, 7) is 11.2. The summed E-state index contributed by atoms with van der Waals surface area (Å²) in [7, 11) is 0. The average Bonchev–Trinajstić information content (AvgIpc) is 2.69. The first-order chi connectivity index (χ1) is 13.0. The molecule has 1 amide bonds. The lowest BCUT2D eigenvalue weighted by molar-refractivity contribution is 0.102. The van der Waals surface area contributed by atoms with Crippen LogP contribution in [0.3, 0.4) is 0 Å². The van der Waals surface area contributed by atoms with Gasteiger partial charge in [0.1, 0.15) is 5.75 Å². The van der Waals surface area contributed by atoms with Crippen molar-refractivity contribution in [3.05, 3.63) is 48.3 Å². The van der Waals surface area contributed by atoms with E-state index in [4.69, 9.17) is 4.74 Å². The third-order valence-electron chi connectivity index (χ3n) is 4.65. The molecule has 0 spiro atoms. The summed E-state index contributed by atoms with van der Waals surface area (Å²) < 4.78 is 5.63. The van der Waals surface area contributed by atoms with Crippen LogP contribution in [0.1, 0.15) is 31.1 Å². The van der Waals surface area contributed by atoms with E-state index in [0.717, 1.165) is 49.8 Å². The number of anilines is 2. The van der Waals surface area contributed by atoms with Gasteiger partial charge >= 0.3 is 0 Å². The van der Waals surface area contributed by atoms with Crippen molar-refractivity contribution >= 4 is 17.3 Å². The number of piperazine rings is 1. The molecule has 0 atom stereocenters. The SMILES string of the molecule is CCN1CCN(c2cncc(C(=O)Nc3ccc(OC(C)C)cc3)c2)CC1. The Balaban J connectivity index is 1.63. The smallest absolute Gasteiger partial charge is 0.257 e. The maximum Gasteiger partial charge on any atom is 0.257 e. The summed E-state index contributed by atoms with van der Waals surface area (Å²) in [6.07, 6.45) is 3.56. The molecule has 1 aliphatic rings. The summed E-state index contributed by atoms with van der Waals surface area (Å²) in [5.74, 6) is 0.631. The highest BCUT2D eigenvalue weighted by atomic mass is 16.5. The minimum atomic E-state index is -0.158. The maximum atomic E-state index is 12.6. The van der Waals surface area contributed by atoms with Crippen molar-refractivity contribution in [3.63, 3.8) is 0 Å². The lowest BCUT2D eigenvalue weighted by atomic mass is 10.2. The highest BCUT2D eigenvalue weighted by Crippen LogP contribution is 2.20. The Morgan fingerprint density at radius 1 is 1.15 bits per heavy atom. The van der Waals surface area contributed by atoms with Gasteiger partial charge in [0.05, 0.1) is 23.6 Å².